The second-order valence-corrected chi connectivity index (χ2v) is 5.82. The van der Waals surface area contributed by atoms with Crippen molar-refractivity contribution in [3.05, 3.63) is 48.4 Å². The van der Waals surface area contributed by atoms with Gasteiger partial charge < -0.3 is 15.1 Å². The summed E-state index contributed by atoms with van der Waals surface area (Å²) in [6.07, 6.45) is 1.84. The van der Waals surface area contributed by atoms with Gasteiger partial charge in [0.25, 0.3) is 0 Å². The summed E-state index contributed by atoms with van der Waals surface area (Å²) in [6.45, 7) is 2.85. The third-order valence-corrected chi connectivity index (χ3v) is 4.07. The lowest BCUT2D eigenvalue weighted by molar-refractivity contribution is -0.137. The molecule has 1 fully saturated rings. The van der Waals surface area contributed by atoms with Crippen LogP contribution in [0, 0.1) is 0 Å². The second kappa shape index (κ2) is 8.02. The van der Waals surface area contributed by atoms with Crippen LogP contribution in [0.3, 0.4) is 0 Å². The van der Waals surface area contributed by atoms with Crippen molar-refractivity contribution in [3.63, 3.8) is 0 Å². The van der Waals surface area contributed by atoms with E-state index in [0.717, 1.165) is 37.3 Å². The number of piperazine rings is 1. The highest BCUT2D eigenvalue weighted by Crippen LogP contribution is 2.30. The number of pyridine rings is 1. The molecule has 3 rings (SSSR count). The maximum Gasteiger partial charge on any atom is 0.417 e. The molecule has 3 heterocycles. The SMILES string of the molecule is O=CC=CN1CCN(c2ccnnc2Nc2ccc(C(F)(F)F)cn2)CC1. The average molecular weight is 378 g/mol. The fraction of sp³-hybridized carbons (Fsp3) is 0.294. The average Bonchev–Trinajstić information content (AvgIpc) is 2.67. The van der Waals surface area contributed by atoms with E-state index in [0.29, 0.717) is 18.9 Å². The fourth-order valence-electron chi connectivity index (χ4n) is 2.69. The van der Waals surface area contributed by atoms with Gasteiger partial charge in [-0.3, -0.25) is 4.79 Å². The molecule has 10 heteroatoms. The molecule has 0 atom stereocenters. The van der Waals surface area contributed by atoms with Crippen LogP contribution in [0.4, 0.5) is 30.5 Å². The first kappa shape index (κ1) is 18.6. The predicted molar refractivity (Wildman–Crippen MR) is 93.5 cm³/mol. The molecule has 1 aliphatic rings. The number of hydrogen-bond acceptors (Lipinski definition) is 7. The van der Waals surface area contributed by atoms with E-state index >= 15 is 0 Å². The zero-order valence-electron chi connectivity index (χ0n) is 14.2. The van der Waals surface area contributed by atoms with Crippen molar-refractivity contribution < 1.29 is 18.0 Å². The summed E-state index contributed by atoms with van der Waals surface area (Å²) < 4.78 is 37.9. The molecule has 142 valence electrons. The summed E-state index contributed by atoms with van der Waals surface area (Å²) in [5.74, 6) is 0.666. The molecule has 0 unspecified atom stereocenters. The summed E-state index contributed by atoms with van der Waals surface area (Å²) in [5.41, 5.74) is -0.0300. The van der Waals surface area contributed by atoms with E-state index in [1.807, 2.05) is 4.90 Å². The van der Waals surface area contributed by atoms with Gasteiger partial charge in [-0.05, 0) is 24.3 Å². The first-order chi connectivity index (χ1) is 13.0. The van der Waals surface area contributed by atoms with Crippen LogP contribution < -0.4 is 10.2 Å². The fourth-order valence-corrected chi connectivity index (χ4v) is 2.69. The molecule has 2 aromatic rings. The number of aromatic nitrogens is 3. The Morgan fingerprint density at radius 2 is 1.89 bits per heavy atom. The minimum Gasteiger partial charge on any atom is -0.374 e. The lowest BCUT2D eigenvalue weighted by atomic mass is 10.2. The first-order valence-electron chi connectivity index (χ1n) is 8.20. The zero-order valence-corrected chi connectivity index (χ0v) is 14.2. The van der Waals surface area contributed by atoms with Gasteiger partial charge >= 0.3 is 6.18 Å². The standard InChI is InChI=1S/C17H17F3N6O/c18-17(19,20)13-2-3-15(21-12-13)23-16-14(4-5-22-24-16)26-9-7-25(8-10-26)6-1-11-27/h1-6,11-12H,7-10H2,(H,21,23,24). The number of nitrogens with zero attached hydrogens (tertiary/aromatic N) is 5. The third-order valence-electron chi connectivity index (χ3n) is 4.07. The van der Waals surface area contributed by atoms with Crippen LogP contribution in [0.5, 0.6) is 0 Å². The Bertz CT molecular complexity index is 801. The molecule has 7 nitrogen and oxygen atoms in total. The van der Waals surface area contributed by atoms with Gasteiger partial charge in [0.05, 0.1) is 17.4 Å². The van der Waals surface area contributed by atoms with Crippen molar-refractivity contribution >= 4 is 23.6 Å². The smallest absolute Gasteiger partial charge is 0.374 e. The van der Waals surface area contributed by atoms with Gasteiger partial charge in [-0.2, -0.15) is 18.3 Å². The molecule has 1 saturated heterocycles. The highest BCUT2D eigenvalue weighted by Gasteiger charge is 2.30. The van der Waals surface area contributed by atoms with Gasteiger partial charge in [-0.15, -0.1) is 5.10 Å². The molecule has 0 aromatic carbocycles. The molecular formula is C17H17F3N6O. The Labute approximate surface area is 153 Å². The molecular weight excluding hydrogens is 361 g/mol. The van der Waals surface area contributed by atoms with E-state index in [1.165, 1.54) is 12.1 Å². The van der Waals surface area contributed by atoms with Crippen LogP contribution in [-0.4, -0.2) is 52.5 Å². The summed E-state index contributed by atoms with van der Waals surface area (Å²) in [7, 11) is 0. The normalized spacial score (nSPS) is 15.2. The monoisotopic (exact) mass is 378 g/mol. The molecule has 0 radical (unpaired) electrons. The van der Waals surface area contributed by atoms with Crippen LogP contribution in [0.1, 0.15) is 5.56 Å². The molecule has 0 amide bonds. The molecule has 0 aliphatic carbocycles. The van der Waals surface area contributed by atoms with E-state index in [2.05, 4.69) is 25.4 Å². The number of carbonyl (C=O) groups is 1. The third kappa shape index (κ3) is 4.72. The van der Waals surface area contributed by atoms with Gasteiger partial charge in [-0.25, -0.2) is 4.98 Å². The highest BCUT2D eigenvalue weighted by atomic mass is 19.4. The summed E-state index contributed by atoms with van der Waals surface area (Å²) in [6, 6.07) is 4.00. The molecule has 27 heavy (non-hydrogen) atoms. The number of alkyl halides is 3. The Morgan fingerprint density at radius 3 is 2.52 bits per heavy atom. The van der Waals surface area contributed by atoms with Gasteiger partial charge in [0.2, 0.25) is 0 Å². The van der Waals surface area contributed by atoms with E-state index in [9.17, 15) is 18.0 Å². The van der Waals surface area contributed by atoms with Gasteiger partial charge in [0.15, 0.2) is 5.82 Å². The van der Waals surface area contributed by atoms with E-state index in [4.69, 9.17) is 0 Å². The van der Waals surface area contributed by atoms with Crippen LogP contribution in [0.25, 0.3) is 0 Å². The number of carbonyl (C=O) groups excluding carboxylic acids is 1. The van der Waals surface area contributed by atoms with Crippen LogP contribution in [-0.2, 0) is 11.0 Å². The van der Waals surface area contributed by atoms with Crippen LogP contribution >= 0.6 is 0 Å². The van der Waals surface area contributed by atoms with Gasteiger partial charge in [-0.1, -0.05) is 0 Å². The quantitative estimate of drug-likeness (QED) is 0.633. The molecule has 1 aliphatic heterocycles. The maximum absolute atomic E-state index is 12.6. The number of anilines is 3. The molecule has 2 aromatic heterocycles. The van der Waals surface area contributed by atoms with Crippen molar-refractivity contribution in [3.8, 4) is 0 Å². The van der Waals surface area contributed by atoms with E-state index in [1.54, 1.807) is 18.5 Å². The minimum absolute atomic E-state index is 0.248. The van der Waals surface area contributed by atoms with Crippen LogP contribution in [0.2, 0.25) is 0 Å². The predicted octanol–water partition coefficient (Wildman–Crippen LogP) is 2.47. The topological polar surface area (TPSA) is 74.2 Å². The molecule has 0 spiro atoms. The van der Waals surface area contributed by atoms with Crippen molar-refractivity contribution in [1.82, 2.24) is 20.1 Å². The van der Waals surface area contributed by atoms with Gasteiger partial charge in [0, 0.05) is 38.6 Å². The summed E-state index contributed by atoms with van der Waals surface area (Å²) in [4.78, 5) is 18.3. The van der Waals surface area contributed by atoms with E-state index < -0.39 is 11.7 Å². The van der Waals surface area contributed by atoms with Crippen molar-refractivity contribution in [2.24, 2.45) is 0 Å². The van der Waals surface area contributed by atoms with Crippen molar-refractivity contribution in [2.75, 3.05) is 36.4 Å². The first-order valence-corrected chi connectivity index (χ1v) is 8.20. The maximum atomic E-state index is 12.6. The Hall–Kier alpha value is -3.17. The lowest BCUT2D eigenvalue weighted by Crippen LogP contribution is -2.44. The second-order valence-electron chi connectivity index (χ2n) is 5.82. The number of hydrogen-bond donors (Lipinski definition) is 1. The lowest BCUT2D eigenvalue weighted by Gasteiger charge is -2.35. The molecule has 0 saturated carbocycles. The minimum atomic E-state index is -4.43. The largest absolute Gasteiger partial charge is 0.417 e. The van der Waals surface area contributed by atoms with Crippen LogP contribution in [0.15, 0.2) is 42.9 Å². The summed E-state index contributed by atoms with van der Waals surface area (Å²) in [5, 5.41) is 10.8. The number of rotatable bonds is 5. The Balaban J connectivity index is 1.71. The molecule has 0 bridgehead atoms. The number of aldehydes is 1. The Morgan fingerprint density at radius 1 is 1.11 bits per heavy atom. The zero-order chi connectivity index (χ0) is 19.3. The van der Waals surface area contributed by atoms with Gasteiger partial charge in [0.1, 0.15) is 12.1 Å². The van der Waals surface area contributed by atoms with Crippen molar-refractivity contribution in [1.29, 1.82) is 0 Å². The number of nitrogens with one attached hydrogen (secondary N) is 1. The highest BCUT2D eigenvalue weighted by molar-refractivity contribution is 5.70. The number of halogens is 3. The number of allylic oxidation sites excluding steroid dienone is 1. The van der Waals surface area contributed by atoms with Crippen molar-refractivity contribution in [2.45, 2.75) is 6.18 Å². The summed E-state index contributed by atoms with van der Waals surface area (Å²) >= 11 is 0. The molecule has 1 N–H and O–H groups in total. The Kier molecular flexibility index (Phi) is 5.53. The van der Waals surface area contributed by atoms with E-state index in [-0.39, 0.29) is 5.82 Å².